The van der Waals surface area contributed by atoms with Crippen LogP contribution in [0.1, 0.15) is 49.5 Å². The maximum atomic E-state index is 12.1. The minimum Gasteiger partial charge on any atom is -0.388 e. The molecule has 0 spiro atoms. The van der Waals surface area contributed by atoms with Gasteiger partial charge < -0.3 is 15.3 Å². The molecule has 4 heteroatoms. The summed E-state index contributed by atoms with van der Waals surface area (Å²) >= 11 is 0. The monoisotopic (exact) mass is 306 g/mol. The van der Waals surface area contributed by atoms with Gasteiger partial charge in [-0.2, -0.15) is 0 Å². The highest BCUT2D eigenvalue weighted by Gasteiger charge is 2.21. The van der Waals surface area contributed by atoms with Gasteiger partial charge in [-0.1, -0.05) is 26.0 Å². The van der Waals surface area contributed by atoms with Gasteiger partial charge in [-0.05, 0) is 57.5 Å². The van der Waals surface area contributed by atoms with Crippen LogP contribution in [0.4, 0.5) is 0 Å². The van der Waals surface area contributed by atoms with Gasteiger partial charge in [-0.15, -0.1) is 0 Å². The van der Waals surface area contributed by atoms with Crippen LogP contribution >= 0.6 is 0 Å². The third kappa shape index (κ3) is 7.05. The predicted molar refractivity (Wildman–Crippen MR) is 90.9 cm³/mol. The molecule has 1 aromatic carbocycles. The van der Waals surface area contributed by atoms with Gasteiger partial charge in [-0.25, -0.2) is 0 Å². The molecule has 0 aliphatic rings. The second-order valence-electron chi connectivity index (χ2n) is 7.05. The lowest BCUT2D eigenvalue weighted by molar-refractivity contribution is 0.0429. The number of amides is 1. The minimum atomic E-state index is -0.856. The fraction of sp³-hybridized carbons (Fsp3) is 0.611. The molecule has 1 atom stereocenters. The summed E-state index contributed by atoms with van der Waals surface area (Å²) in [4.78, 5) is 14.2. The van der Waals surface area contributed by atoms with E-state index in [1.807, 2.05) is 38.4 Å². The van der Waals surface area contributed by atoms with Gasteiger partial charge in [0.25, 0.3) is 5.91 Å². The zero-order valence-electron chi connectivity index (χ0n) is 14.5. The van der Waals surface area contributed by atoms with Crippen LogP contribution < -0.4 is 5.32 Å². The first kappa shape index (κ1) is 18.7. The number of carbonyl (C=O) groups is 1. The molecule has 1 aromatic rings. The highest BCUT2D eigenvalue weighted by Crippen LogP contribution is 2.15. The van der Waals surface area contributed by atoms with E-state index in [2.05, 4.69) is 24.1 Å². The van der Waals surface area contributed by atoms with Crippen LogP contribution in [0.15, 0.2) is 24.3 Å². The average molecular weight is 306 g/mol. The summed E-state index contributed by atoms with van der Waals surface area (Å²) in [6.07, 6.45) is 1.63. The lowest BCUT2D eigenvalue weighted by atomic mass is 9.95. The van der Waals surface area contributed by atoms with E-state index in [-0.39, 0.29) is 12.5 Å². The molecule has 22 heavy (non-hydrogen) atoms. The van der Waals surface area contributed by atoms with Gasteiger partial charge in [0.05, 0.1) is 5.60 Å². The normalized spacial score (nSPS) is 14.2. The largest absolute Gasteiger partial charge is 0.388 e. The molecule has 4 nitrogen and oxygen atoms in total. The molecule has 0 heterocycles. The van der Waals surface area contributed by atoms with Crippen molar-refractivity contribution in [3.8, 4) is 0 Å². The smallest absolute Gasteiger partial charge is 0.251 e. The van der Waals surface area contributed by atoms with Crippen LogP contribution in [0.5, 0.6) is 0 Å². The van der Waals surface area contributed by atoms with Crippen molar-refractivity contribution in [2.24, 2.45) is 5.92 Å². The highest BCUT2D eigenvalue weighted by atomic mass is 16.3. The highest BCUT2D eigenvalue weighted by molar-refractivity contribution is 5.94. The molecule has 124 valence electrons. The molecule has 0 bridgehead atoms. The van der Waals surface area contributed by atoms with Crippen molar-refractivity contribution >= 4 is 5.91 Å². The number of rotatable bonds is 8. The third-order valence-electron chi connectivity index (χ3n) is 3.60. The maximum absolute atomic E-state index is 12.1. The van der Waals surface area contributed by atoms with E-state index in [1.54, 1.807) is 6.92 Å². The first-order valence-corrected chi connectivity index (χ1v) is 7.94. The standard InChI is InChI=1S/C18H30N2O2/c1-14(2)10-11-18(3,22)13-19-17(21)16-8-6-15(7-9-16)12-20(4)5/h6-9,14,22H,10-13H2,1-5H3,(H,19,21). The lowest BCUT2D eigenvalue weighted by Crippen LogP contribution is -2.40. The van der Waals surface area contributed by atoms with Crippen LogP contribution in [-0.4, -0.2) is 42.2 Å². The van der Waals surface area contributed by atoms with Crippen molar-refractivity contribution in [1.29, 1.82) is 0 Å². The summed E-state index contributed by atoms with van der Waals surface area (Å²) in [5, 5.41) is 13.1. The van der Waals surface area contributed by atoms with Crippen LogP contribution in [0, 0.1) is 5.92 Å². The molecule has 0 saturated carbocycles. The van der Waals surface area contributed by atoms with Crippen molar-refractivity contribution in [3.63, 3.8) is 0 Å². The number of hydrogen-bond donors (Lipinski definition) is 2. The zero-order chi connectivity index (χ0) is 16.8. The fourth-order valence-electron chi connectivity index (χ4n) is 2.19. The van der Waals surface area contributed by atoms with Gasteiger partial charge in [0.1, 0.15) is 0 Å². The van der Waals surface area contributed by atoms with Crippen LogP contribution in [-0.2, 0) is 6.54 Å². The van der Waals surface area contributed by atoms with Gasteiger partial charge in [-0.3, -0.25) is 4.79 Å². The van der Waals surface area contributed by atoms with Gasteiger partial charge in [0, 0.05) is 18.7 Å². The SMILES string of the molecule is CC(C)CCC(C)(O)CNC(=O)c1ccc(CN(C)C)cc1. The number of aliphatic hydroxyl groups is 1. The fourth-order valence-corrected chi connectivity index (χ4v) is 2.19. The molecule has 0 saturated heterocycles. The first-order valence-electron chi connectivity index (χ1n) is 7.94. The Bertz CT molecular complexity index is 464. The third-order valence-corrected chi connectivity index (χ3v) is 3.60. The molecule has 1 unspecified atom stereocenters. The van der Waals surface area contributed by atoms with Crippen molar-refractivity contribution < 1.29 is 9.90 Å². The van der Waals surface area contributed by atoms with E-state index in [1.165, 1.54) is 5.56 Å². The Morgan fingerprint density at radius 2 is 1.86 bits per heavy atom. The van der Waals surface area contributed by atoms with Crippen LogP contribution in [0.25, 0.3) is 0 Å². The maximum Gasteiger partial charge on any atom is 0.251 e. The Balaban J connectivity index is 2.51. The van der Waals surface area contributed by atoms with E-state index in [9.17, 15) is 9.90 Å². The summed E-state index contributed by atoms with van der Waals surface area (Å²) < 4.78 is 0. The summed E-state index contributed by atoms with van der Waals surface area (Å²) in [6, 6.07) is 7.59. The molecule has 0 fully saturated rings. The van der Waals surface area contributed by atoms with Crippen molar-refractivity contribution in [3.05, 3.63) is 35.4 Å². The van der Waals surface area contributed by atoms with Gasteiger partial charge in [0.15, 0.2) is 0 Å². The van der Waals surface area contributed by atoms with E-state index < -0.39 is 5.60 Å². The second-order valence-corrected chi connectivity index (χ2v) is 7.05. The number of hydrogen-bond acceptors (Lipinski definition) is 3. The molecular formula is C18H30N2O2. The Labute approximate surface area is 134 Å². The zero-order valence-corrected chi connectivity index (χ0v) is 14.5. The summed E-state index contributed by atoms with van der Waals surface area (Å²) in [5.41, 5.74) is 0.942. The molecule has 0 aliphatic carbocycles. The number of benzene rings is 1. The topological polar surface area (TPSA) is 52.6 Å². The van der Waals surface area contributed by atoms with E-state index in [0.29, 0.717) is 17.9 Å². The van der Waals surface area contributed by atoms with E-state index in [0.717, 1.165) is 13.0 Å². The molecule has 2 N–H and O–H groups in total. The average Bonchev–Trinajstić information content (AvgIpc) is 2.43. The Hall–Kier alpha value is -1.39. The van der Waals surface area contributed by atoms with E-state index in [4.69, 9.17) is 0 Å². The Kier molecular flexibility index (Phi) is 7.04. The van der Waals surface area contributed by atoms with Gasteiger partial charge in [0.2, 0.25) is 0 Å². The Morgan fingerprint density at radius 3 is 2.36 bits per heavy atom. The number of carbonyl (C=O) groups excluding carboxylic acids is 1. The molecule has 1 amide bonds. The van der Waals surface area contributed by atoms with Crippen molar-refractivity contribution in [2.45, 2.75) is 45.8 Å². The van der Waals surface area contributed by atoms with Gasteiger partial charge >= 0.3 is 0 Å². The molecule has 0 aromatic heterocycles. The van der Waals surface area contributed by atoms with E-state index >= 15 is 0 Å². The summed E-state index contributed by atoms with van der Waals surface area (Å²) in [5.74, 6) is 0.410. The lowest BCUT2D eigenvalue weighted by Gasteiger charge is -2.24. The summed E-state index contributed by atoms with van der Waals surface area (Å²) in [6.45, 7) is 7.16. The molecule has 1 rings (SSSR count). The minimum absolute atomic E-state index is 0.138. The quantitative estimate of drug-likeness (QED) is 0.776. The first-order chi connectivity index (χ1) is 10.2. The van der Waals surface area contributed by atoms with Crippen LogP contribution in [0.3, 0.4) is 0 Å². The van der Waals surface area contributed by atoms with Crippen molar-refractivity contribution in [1.82, 2.24) is 10.2 Å². The molecule has 0 aliphatic heterocycles. The molecular weight excluding hydrogens is 276 g/mol. The predicted octanol–water partition coefficient (Wildman–Crippen LogP) is 2.67. The number of nitrogens with one attached hydrogen (secondary N) is 1. The Morgan fingerprint density at radius 1 is 1.27 bits per heavy atom. The van der Waals surface area contributed by atoms with Crippen LogP contribution in [0.2, 0.25) is 0 Å². The second kappa shape index (κ2) is 8.30. The summed E-state index contributed by atoms with van der Waals surface area (Å²) in [7, 11) is 4.03. The molecule has 0 radical (unpaired) electrons. The van der Waals surface area contributed by atoms with Crippen molar-refractivity contribution in [2.75, 3.05) is 20.6 Å². The number of nitrogens with zero attached hydrogens (tertiary/aromatic N) is 1.